The Bertz CT molecular complexity index is 615. The third-order valence-electron chi connectivity index (χ3n) is 4.62. The fraction of sp³-hybridized carbons (Fsp3) is 0.400. The largest absolute Gasteiger partial charge is 0.392 e. The fourth-order valence-corrected chi connectivity index (χ4v) is 3.17. The molecule has 3 rings (SSSR count). The molecule has 0 amide bonds. The highest BCUT2D eigenvalue weighted by Crippen LogP contribution is 2.23. The quantitative estimate of drug-likeness (QED) is 0.856. The lowest BCUT2D eigenvalue weighted by Crippen LogP contribution is -2.45. The first kappa shape index (κ1) is 17.1. The normalized spacial score (nSPS) is 20.0. The second kappa shape index (κ2) is 8.40. The van der Waals surface area contributed by atoms with Crippen LogP contribution in [0.25, 0.3) is 0 Å². The minimum absolute atomic E-state index is 0.0731. The standard InChI is InChI=1S/C20H25NO3/c22-14-17-8-6-16(7-9-17)13-21-10-11-24-15-19(21)12-20(23)18-4-2-1-3-5-18/h1-9,19-20,22-23H,10-15H2/t19-,20-/m1/s1. The van der Waals surface area contributed by atoms with Crippen molar-refractivity contribution in [1.82, 2.24) is 4.90 Å². The smallest absolute Gasteiger partial charge is 0.0805 e. The summed E-state index contributed by atoms with van der Waals surface area (Å²) in [5, 5.41) is 19.7. The molecule has 0 spiro atoms. The minimum atomic E-state index is -0.475. The third kappa shape index (κ3) is 4.42. The Morgan fingerprint density at radius 3 is 2.46 bits per heavy atom. The Balaban J connectivity index is 1.64. The van der Waals surface area contributed by atoms with Crippen LogP contribution in [0.3, 0.4) is 0 Å². The van der Waals surface area contributed by atoms with Crippen molar-refractivity contribution in [3.8, 4) is 0 Å². The van der Waals surface area contributed by atoms with Crippen molar-refractivity contribution in [3.63, 3.8) is 0 Å². The van der Waals surface area contributed by atoms with E-state index in [4.69, 9.17) is 9.84 Å². The number of aliphatic hydroxyl groups is 2. The fourth-order valence-electron chi connectivity index (χ4n) is 3.17. The van der Waals surface area contributed by atoms with E-state index in [1.165, 1.54) is 5.56 Å². The van der Waals surface area contributed by atoms with E-state index < -0.39 is 6.10 Å². The molecule has 1 aliphatic heterocycles. The van der Waals surface area contributed by atoms with Gasteiger partial charge in [-0.25, -0.2) is 0 Å². The predicted octanol–water partition coefficient (Wildman–Crippen LogP) is 2.50. The zero-order chi connectivity index (χ0) is 16.8. The lowest BCUT2D eigenvalue weighted by Gasteiger charge is -2.36. The van der Waals surface area contributed by atoms with E-state index in [1.54, 1.807) is 0 Å². The minimum Gasteiger partial charge on any atom is -0.392 e. The molecule has 0 saturated carbocycles. The highest BCUT2D eigenvalue weighted by molar-refractivity contribution is 5.22. The van der Waals surface area contributed by atoms with Crippen LogP contribution in [-0.4, -0.2) is 40.9 Å². The van der Waals surface area contributed by atoms with Crippen LogP contribution >= 0.6 is 0 Å². The molecule has 2 aromatic rings. The maximum absolute atomic E-state index is 10.5. The number of nitrogens with zero attached hydrogens (tertiary/aromatic N) is 1. The van der Waals surface area contributed by atoms with Gasteiger partial charge in [0.15, 0.2) is 0 Å². The van der Waals surface area contributed by atoms with Gasteiger partial charge in [-0.3, -0.25) is 4.90 Å². The molecule has 2 aromatic carbocycles. The summed E-state index contributed by atoms with van der Waals surface area (Å²) in [4.78, 5) is 2.38. The van der Waals surface area contributed by atoms with Gasteiger partial charge < -0.3 is 14.9 Å². The van der Waals surface area contributed by atoms with E-state index in [9.17, 15) is 5.11 Å². The summed E-state index contributed by atoms with van der Waals surface area (Å²) in [5.74, 6) is 0. The first-order chi connectivity index (χ1) is 11.8. The molecule has 24 heavy (non-hydrogen) atoms. The van der Waals surface area contributed by atoms with Crippen LogP contribution in [0.5, 0.6) is 0 Å². The molecule has 4 heteroatoms. The zero-order valence-electron chi connectivity index (χ0n) is 13.8. The molecule has 1 fully saturated rings. The molecular weight excluding hydrogens is 302 g/mol. The summed E-state index contributed by atoms with van der Waals surface area (Å²) in [6.07, 6.45) is 0.191. The van der Waals surface area contributed by atoms with Crippen molar-refractivity contribution in [3.05, 3.63) is 71.3 Å². The summed E-state index contributed by atoms with van der Waals surface area (Å²) < 4.78 is 5.64. The first-order valence-electron chi connectivity index (χ1n) is 8.50. The number of benzene rings is 2. The van der Waals surface area contributed by atoms with E-state index in [-0.39, 0.29) is 12.6 Å². The van der Waals surface area contributed by atoms with Crippen LogP contribution in [0.2, 0.25) is 0 Å². The summed E-state index contributed by atoms with van der Waals surface area (Å²) in [6.45, 7) is 3.16. The number of morpholine rings is 1. The van der Waals surface area contributed by atoms with Gasteiger partial charge in [-0.2, -0.15) is 0 Å². The molecule has 1 heterocycles. The average Bonchev–Trinajstić information content (AvgIpc) is 2.64. The molecule has 4 nitrogen and oxygen atoms in total. The second-order valence-electron chi connectivity index (χ2n) is 6.34. The van der Waals surface area contributed by atoms with Gasteiger partial charge in [0.2, 0.25) is 0 Å². The van der Waals surface area contributed by atoms with Crippen LogP contribution in [0.15, 0.2) is 54.6 Å². The number of rotatable bonds is 6. The topological polar surface area (TPSA) is 52.9 Å². The van der Waals surface area contributed by atoms with Gasteiger partial charge in [0.1, 0.15) is 0 Å². The maximum atomic E-state index is 10.5. The summed E-state index contributed by atoms with van der Waals surface area (Å²) in [7, 11) is 0. The Hall–Kier alpha value is -1.72. The van der Waals surface area contributed by atoms with E-state index >= 15 is 0 Å². The second-order valence-corrected chi connectivity index (χ2v) is 6.34. The Morgan fingerprint density at radius 2 is 1.75 bits per heavy atom. The van der Waals surface area contributed by atoms with Gasteiger partial charge in [-0.05, 0) is 23.1 Å². The molecule has 2 N–H and O–H groups in total. The number of hydrogen-bond donors (Lipinski definition) is 2. The van der Waals surface area contributed by atoms with Crippen molar-refractivity contribution in [2.24, 2.45) is 0 Å². The van der Waals surface area contributed by atoms with E-state index in [2.05, 4.69) is 17.0 Å². The molecule has 0 bridgehead atoms. The molecule has 0 aliphatic carbocycles. The molecule has 128 valence electrons. The van der Waals surface area contributed by atoms with E-state index in [0.29, 0.717) is 13.0 Å². The zero-order valence-corrected chi connectivity index (χ0v) is 13.8. The van der Waals surface area contributed by atoms with Crippen molar-refractivity contribution in [2.45, 2.75) is 31.7 Å². The number of ether oxygens (including phenoxy) is 1. The Morgan fingerprint density at radius 1 is 1.04 bits per heavy atom. The van der Waals surface area contributed by atoms with Crippen molar-refractivity contribution in [1.29, 1.82) is 0 Å². The monoisotopic (exact) mass is 327 g/mol. The highest BCUT2D eigenvalue weighted by atomic mass is 16.5. The highest BCUT2D eigenvalue weighted by Gasteiger charge is 2.26. The van der Waals surface area contributed by atoms with Crippen molar-refractivity contribution >= 4 is 0 Å². The number of aliphatic hydroxyl groups excluding tert-OH is 2. The van der Waals surface area contributed by atoms with Gasteiger partial charge in [0, 0.05) is 19.1 Å². The summed E-state index contributed by atoms with van der Waals surface area (Å²) in [5.41, 5.74) is 3.10. The van der Waals surface area contributed by atoms with Crippen LogP contribution in [0.1, 0.15) is 29.2 Å². The van der Waals surface area contributed by atoms with Gasteiger partial charge in [-0.1, -0.05) is 54.6 Å². The summed E-state index contributed by atoms with van der Waals surface area (Å²) in [6, 6.07) is 18.0. The van der Waals surface area contributed by atoms with Crippen molar-refractivity contribution in [2.75, 3.05) is 19.8 Å². The molecule has 1 aliphatic rings. The van der Waals surface area contributed by atoms with Gasteiger partial charge in [0.25, 0.3) is 0 Å². The predicted molar refractivity (Wildman–Crippen MR) is 93.4 cm³/mol. The molecule has 2 atom stereocenters. The first-order valence-corrected chi connectivity index (χ1v) is 8.50. The van der Waals surface area contributed by atoms with Gasteiger partial charge in [-0.15, -0.1) is 0 Å². The van der Waals surface area contributed by atoms with Gasteiger partial charge in [0.05, 0.1) is 25.9 Å². The molecule has 1 saturated heterocycles. The Labute approximate surface area is 143 Å². The lowest BCUT2D eigenvalue weighted by atomic mass is 10.00. The van der Waals surface area contributed by atoms with Crippen molar-refractivity contribution < 1.29 is 14.9 Å². The van der Waals surface area contributed by atoms with Crippen LogP contribution in [-0.2, 0) is 17.9 Å². The summed E-state index contributed by atoms with van der Waals surface area (Å²) >= 11 is 0. The molecule has 0 aromatic heterocycles. The molecule has 0 radical (unpaired) electrons. The third-order valence-corrected chi connectivity index (χ3v) is 4.62. The maximum Gasteiger partial charge on any atom is 0.0805 e. The Kier molecular flexibility index (Phi) is 5.99. The number of hydrogen-bond acceptors (Lipinski definition) is 4. The average molecular weight is 327 g/mol. The SMILES string of the molecule is OCc1ccc(CN2CCOC[C@H]2C[C@@H](O)c2ccccc2)cc1. The van der Waals surface area contributed by atoms with E-state index in [0.717, 1.165) is 30.8 Å². The van der Waals surface area contributed by atoms with Crippen LogP contribution in [0, 0.1) is 0 Å². The van der Waals surface area contributed by atoms with Crippen LogP contribution in [0.4, 0.5) is 0 Å². The van der Waals surface area contributed by atoms with Crippen LogP contribution < -0.4 is 0 Å². The molecule has 0 unspecified atom stereocenters. The van der Waals surface area contributed by atoms with E-state index in [1.807, 2.05) is 42.5 Å². The van der Waals surface area contributed by atoms with Gasteiger partial charge >= 0.3 is 0 Å². The molecular formula is C20H25NO3. The lowest BCUT2D eigenvalue weighted by molar-refractivity contribution is -0.0300.